The smallest absolute Gasteiger partial charge is 0.357 e. The first kappa shape index (κ1) is 33.3. The van der Waals surface area contributed by atoms with Crippen LogP contribution in [-0.2, 0) is 23.8 Å². The van der Waals surface area contributed by atoms with Gasteiger partial charge in [-0.3, -0.25) is 14.2 Å². The lowest BCUT2D eigenvalue weighted by Gasteiger charge is -2.54. The number of fused-ring (bicyclic) bond motifs is 3. The van der Waals surface area contributed by atoms with Crippen molar-refractivity contribution in [2.45, 2.75) is 84.3 Å². The van der Waals surface area contributed by atoms with Crippen LogP contribution in [-0.4, -0.2) is 37.1 Å². The number of Topliss-reactive ketones (excluding diaryl/α,β-unsaturated/α-hetero) is 1. The summed E-state index contributed by atoms with van der Waals surface area (Å²) in [7, 11) is -2.28. The van der Waals surface area contributed by atoms with Crippen LogP contribution in [0.1, 0.15) is 106 Å². The zero-order chi connectivity index (χ0) is 31.6. The van der Waals surface area contributed by atoms with Crippen LogP contribution in [0.3, 0.4) is 0 Å². The molecule has 0 bridgehead atoms. The molecule has 234 valence electrons. The van der Waals surface area contributed by atoms with Gasteiger partial charge in [0, 0.05) is 17.5 Å². The van der Waals surface area contributed by atoms with Crippen molar-refractivity contribution in [3.05, 3.63) is 64.7 Å². The number of hydrogen-bond acceptors (Lipinski definition) is 7. The number of thiocarbonyl (C=S) groups is 1. The van der Waals surface area contributed by atoms with E-state index in [1.54, 1.807) is 38.1 Å². The van der Waals surface area contributed by atoms with Crippen LogP contribution >= 0.6 is 19.8 Å². The van der Waals surface area contributed by atoms with E-state index in [2.05, 4.69) is 43.5 Å². The highest BCUT2D eigenvalue weighted by Gasteiger charge is 2.57. The Bertz CT molecular complexity index is 1420. The third-order valence-electron chi connectivity index (χ3n) is 9.33. The lowest BCUT2D eigenvalue weighted by Crippen LogP contribution is -2.57. The zero-order valence-corrected chi connectivity index (χ0v) is 28.0. The van der Waals surface area contributed by atoms with Crippen molar-refractivity contribution in [1.29, 1.82) is 0 Å². The van der Waals surface area contributed by atoms with Crippen molar-refractivity contribution >= 4 is 36.6 Å². The second kappa shape index (κ2) is 13.2. The van der Waals surface area contributed by atoms with Crippen LogP contribution < -0.4 is 15.4 Å². The summed E-state index contributed by atoms with van der Waals surface area (Å²) in [4.78, 5) is 27.7. The van der Waals surface area contributed by atoms with Crippen LogP contribution in [0.5, 0.6) is 5.75 Å². The molecule has 0 radical (unpaired) electrons. The Hall–Kier alpha value is -2.58. The third kappa shape index (κ3) is 6.32. The van der Waals surface area contributed by atoms with E-state index in [1.807, 2.05) is 13.0 Å². The SMILES string of the molecule is CCOP(=O)(OCC)C(NC(=S)NC(=O)[C@]1(C)CCC[C@]2(C)c3ccc(C(C)C)cc3C(=O)C[C@@H]12)c1ccccc1OC. The number of para-hydroxylation sites is 1. The first-order valence-corrected chi connectivity index (χ1v) is 17.2. The second-order valence-electron chi connectivity index (χ2n) is 12.3. The number of benzene rings is 2. The first-order chi connectivity index (χ1) is 20.3. The number of methoxy groups -OCH3 is 1. The molecular weight excluding hydrogens is 583 g/mol. The van der Waals surface area contributed by atoms with E-state index in [1.165, 1.54) is 7.11 Å². The van der Waals surface area contributed by atoms with Crippen LogP contribution in [0.25, 0.3) is 0 Å². The molecule has 2 aromatic rings. The van der Waals surface area contributed by atoms with Crippen molar-refractivity contribution in [2.24, 2.45) is 11.3 Å². The molecule has 1 fully saturated rings. The Kier molecular flexibility index (Phi) is 10.2. The number of amides is 1. The monoisotopic (exact) mass is 628 g/mol. The summed E-state index contributed by atoms with van der Waals surface area (Å²) in [6, 6.07) is 13.4. The van der Waals surface area contributed by atoms with E-state index in [0.717, 1.165) is 29.5 Å². The summed E-state index contributed by atoms with van der Waals surface area (Å²) in [5.41, 5.74) is 2.29. The normalized spacial score (nSPS) is 24.1. The van der Waals surface area contributed by atoms with E-state index < -0.39 is 18.8 Å². The maximum atomic E-state index is 14.1. The van der Waals surface area contributed by atoms with E-state index in [4.69, 9.17) is 26.0 Å². The molecule has 2 aliphatic rings. The van der Waals surface area contributed by atoms with Gasteiger partial charge in [0.1, 0.15) is 5.75 Å². The topological polar surface area (TPSA) is 103 Å². The van der Waals surface area contributed by atoms with Gasteiger partial charge in [0.05, 0.1) is 25.7 Å². The molecule has 1 amide bonds. The molecule has 2 aliphatic carbocycles. The highest BCUT2D eigenvalue weighted by atomic mass is 32.1. The van der Waals surface area contributed by atoms with E-state index >= 15 is 0 Å². The van der Waals surface area contributed by atoms with E-state index in [-0.39, 0.29) is 41.3 Å². The van der Waals surface area contributed by atoms with Crippen molar-refractivity contribution in [3.63, 3.8) is 0 Å². The molecule has 10 heteroatoms. The molecule has 1 unspecified atom stereocenters. The molecule has 43 heavy (non-hydrogen) atoms. The number of ether oxygens (including phenoxy) is 1. The Morgan fingerprint density at radius 2 is 1.77 bits per heavy atom. The van der Waals surface area contributed by atoms with E-state index in [9.17, 15) is 14.2 Å². The predicted octanol–water partition coefficient (Wildman–Crippen LogP) is 7.42. The fourth-order valence-electron chi connectivity index (χ4n) is 7.04. The van der Waals surface area contributed by atoms with Gasteiger partial charge in [-0.15, -0.1) is 0 Å². The third-order valence-corrected chi connectivity index (χ3v) is 11.8. The molecule has 0 saturated heterocycles. The van der Waals surface area contributed by atoms with Gasteiger partial charge in [-0.2, -0.15) is 0 Å². The van der Waals surface area contributed by atoms with Crippen LogP contribution in [0.15, 0.2) is 42.5 Å². The lowest BCUT2D eigenvalue weighted by molar-refractivity contribution is -0.136. The number of ketones is 1. The minimum absolute atomic E-state index is 0.00171. The number of carbonyl (C=O) groups excluding carboxylic acids is 2. The minimum atomic E-state index is -3.80. The molecule has 1 saturated carbocycles. The summed E-state index contributed by atoms with van der Waals surface area (Å²) in [6.45, 7) is 12.1. The molecule has 0 heterocycles. The standard InChI is InChI=1S/C33H45N2O6PS/c1-8-40-42(38,41-9-2)29(23-13-10-11-14-27(23)39-7)34-31(43)35-30(37)33(6)18-12-17-32(5)25-16-15-22(21(3)4)19-24(25)26(36)20-28(32)33/h10-11,13-16,19,21,28-29H,8-9,12,17-18,20H2,1-7H3,(H2,34,35,37,43)/t28-,29?,32-,33-/m1/s1. The predicted molar refractivity (Wildman–Crippen MR) is 173 cm³/mol. The van der Waals surface area contributed by atoms with Gasteiger partial charge < -0.3 is 24.4 Å². The molecule has 0 aliphatic heterocycles. The van der Waals surface area contributed by atoms with Gasteiger partial charge in [0.2, 0.25) is 5.91 Å². The molecule has 2 N–H and O–H groups in total. The second-order valence-corrected chi connectivity index (χ2v) is 14.8. The van der Waals surface area contributed by atoms with Gasteiger partial charge in [-0.05, 0) is 79.4 Å². The average Bonchev–Trinajstić information content (AvgIpc) is 2.97. The van der Waals surface area contributed by atoms with Gasteiger partial charge >= 0.3 is 7.60 Å². The number of carbonyl (C=O) groups is 2. The number of nitrogens with one attached hydrogen (secondary N) is 2. The minimum Gasteiger partial charge on any atom is -0.496 e. The largest absolute Gasteiger partial charge is 0.496 e. The van der Waals surface area contributed by atoms with Crippen molar-refractivity contribution in [3.8, 4) is 5.75 Å². The van der Waals surface area contributed by atoms with Gasteiger partial charge in [-0.1, -0.05) is 64.4 Å². The van der Waals surface area contributed by atoms with Crippen LogP contribution in [0, 0.1) is 11.3 Å². The average molecular weight is 629 g/mol. The fourth-order valence-corrected chi connectivity index (χ4v) is 9.27. The first-order valence-electron chi connectivity index (χ1n) is 15.2. The van der Waals surface area contributed by atoms with Gasteiger partial charge in [0.25, 0.3) is 0 Å². The van der Waals surface area contributed by atoms with E-state index in [0.29, 0.717) is 30.1 Å². The summed E-state index contributed by atoms with van der Waals surface area (Å²) < 4.78 is 31.0. The summed E-state index contributed by atoms with van der Waals surface area (Å²) in [5.74, 6) is -0.628. The fraction of sp³-hybridized carbons (Fsp3) is 0.545. The quantitative estimate of drug-likeness (QED) is 0.207. The zero-order valence-electron chi connectivity index (χ0n) is 26.3. The summed E-state index contributed by atoms with van der Waals surface area (Å²) in [6.07, 6.45) is 2.65. The Balaban J connectivity index is 1.63. The van der Waals surface area contributed by atoms with Crippen LogP contribution in [0.2, 0.25) is 0 Å². The highest BCUT2D eigenvalue weighted by Crippen LogP contribution is 2.61. The maximum absolute atomic E-state index is 14.1. The number of hydrogen-bond donors (Lipinski definition) is 2. The Morgan fingerprint density at radius 1 is 1.09 bits per heavy atom. The molecule has 4 rings (SSSR count). The molecule has 4 atom stereocenters. The van der Waals surface area contributed by atoms with Crippen LogP contribution in [0.4, 0.5) is 0 Å². The van der Waals surface area contributed by atoms with Gasteiger partial charge in [-0.25, -0.2) is 0 Å². The summed E-state index contributed by atoms with van der Waals surface area (Å²) in [5, 5.41) is 5.96. The Labute approximate surface area is 261 Å². The molecule has 0 spiro atoms. The highest BCUT2D eigenvalue weighted by molar-refractivity contribution is 7.80. The molecule has 0 aromatic heterocycles. The Morgan fingerprint density at radius 3 is 2.40 bits per heavy atom. The van der Waals surface area contributed by atoms with Crippen molar-refractivity contribution in [1.82, 2.24) is 10.6 Å². The molecular formula is C33H45N2O6PS. The van der Waals surface area contributed by atoms with Gasteiger partial charge in [0.15, 0.2) is 16.7 Å². The van der Waals surface area contributed by atoms with Crippen molar-refractivity contribution in [2.75, 3.05) is 20.3 Å². The maximum Gasteiger partial charge on any atom is 0.357 e. The molecule has 8 nitrogen and oxygen atoms in total. The summed E-state index contributed by atoms with van der Waals surface area (Å²) >= 11 is 5.66. The van der Waals surface area contributed by atoms with Crippen molar-refractivity contribution < 1.29 is 27.9 Å². The lowest BCUT2D eigenvalue weighted by atomic mass is 9.49. The number of rotatable bonds is 10. The molecule has 2 aromatic carbocycles.